The Kier molecular flexibility index (Phi) is 4.78. The molecular weight excluding hydrogens is 292 g/mol. The Hall–Kier alpha value is -3.26. The summed E-state index contributed by atoms with van der Waals surface area (Å²) < 4.78 is 0. The van der Waals surface area contributed by atoms with Crippen molar-refractivity contribution in [3.63, 3.8) is 0 Å². The zero-order valence-electron chi connectivity index (χ0n) is 13.4. The van der Waals surface area contributed by atoms with E-state index in [0.29, 0.717) is 0 Å². The van der Waals surface area contributed by atoms with Crippen LogP contribution in [0.15, 0.2) is 72.8 Å². The van der Waals surface area contributed by atoms with Crippen LogP contribution in [0.3, 0.4) is 0 Å². The summed E-state index contributed by atoms with van der Waals surface area (Å²) in [5.74, 6) is 0. The van der Waals surface area contributed by atoms with E-state index in [1.807, 2.05) is 48.5 Å². The van der Waals surface area contributed by atoms with Gasteiger partial charge in [-0.2, -0.15) is 0 Å². The van der Waals surface area contributed by atoms with Crippen molar-refractivity contribution in [1.82, 2.24) is 0 Å². The molecule has 24 heavy (non-hydrogen) atoms. The van der Waals surface area contributed by atoms with Crippen LogP contribution in [-0.2, 0) is 0 Å². The van der Waals surface area contributed by atoms with Gasteiger partial charge in [0, 0.05) is 11.4 Å². The number of benzene rings is 3. The van der Waals surface area contributed by atoms with Gasteiger partial charge in [-0.05, 0) is 46.5 Å². The number of nitrogen functional groups attached to an aromatic ring is 2. The highest BCUT2D eigenvalue weighted by molar-refractivity contribution is 5.73. The molecule has 0 aliphatic carbocycles. The van der Waals surface area contributed by atoms with E-state index in [2.05, 4.69) is 48.6 Å². The van der Waals surface area contributed by atoms with Gasteiger partial charge in [-0.15, -0.1) is 0 Å². The molecule has 0 unspecified atom stereocenters. The second-order valence-electron chi connectivity index (χ2n) is 5.67. The van der Waals surface area contributed by atoms with Gasteiger partial charge in [0.05, 0.1) is 0 Å². The molecule has 0 bridgehead atoms. The highest BCUT2D eigenvalue weighted by Crippen LogP contribution is 2.14. The second-order valence-corrected chi connectivity index (χ2v) is 5.67. The van der Waals surface area contributed by atoms with E-state index in [4.69, 9.17) is 11.5 Å². The van der Waals surface area contributed by atoms with E-state index in [9.17, 15) is 0 Å². The Bertz CT molecular complexity index is 765. The fraction of sp³-hybridized carbons (Fsp3) is 0. The Morgan fingerprint density at radius 1 is 0.375 bits per heavy atom. The number of hydrogen-bond donors (Lipinski definition) is 2. The maximum Gasteiger partial charge on any atom is 0.0314 e. The number of rotatable bonds is 4. The van der Waals surface area contributed by atoms with E-state index in [0.717, 1.165) is 33.6 Å². The summed E-state index contributed by atoms with van der Waals surface area (Å²) in [7, 11) is 0. The molecule has 0 saturated carbocycles. The first-order chi connectivity index (χ1) is 11.7. The average Bonchev–Trinajstić information content (AvgIpc) is 2.62. The fourth-order valence-corrected chi connectivity index (χ4v) is 2.32. The first-order valence-electron chi connectivity index (χ1n) is 7.86. The third-order valence-corrected chi connectivity index (χ3v) is 3.75. The van der Waals surface area contributed by atoms with Crippen molar-refractivity contribution < 1.29 is 0 Å². The zero-order chi connectivity index (χ0) is 16.8. The monoisotopic (exact) mass is 312 g/mol. The van der Waals surface area contributed by atoms with Crippen LogP contribution < -0.4 is 11.5 Å². The summed E-state index contributed by atoms with van der Waals surface area (Å²) in [6.45, 7) is 0. The van der Waals surface area contributed by atoms with E-state index >= 15 is 0 Å². The van der Waals surface area contributed by atoms with Gasteiger partial charge in [0.2, 0.25) is 0 Å². The zero-order valence-corrected chi connectivity index (χ0v) is 13.4. The average molecular weight is 312 g/mol. The third-order valence-electron chi connectivity index (χ3n) is 3.75. The molecule has 0 spiro atoms. The lowest BCUT2D eigenvalue weighted by atomic mass is 10.1. The highest BCUT2D eigenvalue weighted by Gasteiger charge is 1.91. The van der Waals surface area contributed by atoms with Gasteiger partial charge in [-0.3, -0.25) is 0 Å². The van der Waals surface area contributed by atoms with Crippen LogP contribution in [0.25, 0.3) is 24.3 Å². The number of hydrogen-bond acceptors (Lipinski definition) is 2. The summed E-state index contributed by atoms with van der Waals surface area (Å²) in [6, 6.07) is 24.1. The predicted molar refractivity (Wildman–Crippen MR) is 106 cm³/mol. The van der Waals surface area contributed by atoms with Crippen molar-refractivity contribution in [1.29, 1.82) is 0 Å². The maximum absolute atomic E-state index is 5.69. The molecule has 0 heterocycles. The SMILES string of the molecule is Nc1ccc(C=Cc2ccc(C=Cc3ccc(N)cc3)cc2)cc1. The molecule has 0 radical (unpaired) electrons. The van der Waals surface area contributed by atoms with Crippen molar-refractivity contribution in [2.75, 3.05) is 11.5 Å². The molecule has 3 aromatic rings. The third kappa shape index (κ3) is 4.37. The first-order valence-corrected chi connectivity index (χ1v) is 7.86. The molecule has 0 atom stereocenters. The lowest BCUT2D eigenvalue weighted by Crippen LogP contribution is -1.82. The lowest BCUT2D eigenvalue weighted by molar-refractivity contribution is 1.61. The predicted octanol–water partition coefficient (Wildman–Crippen LogP) is 5.19. The van der Waals surface area contributed by atoms with Crippen molar-refractivity contribution in [2.45, 2.75) is 0 Å². The molecule has 2 nitrogen and oxygen atoms in total. The normalized spacial score (nSPS) is 11.3. The summed E-state index contributed by atoms with van der Waals surface area (Å²) in [4.78, 5) is 0. The van der Waals surface area contributed by atoms with Crippen LogP contribution in [0.1, 0.15) is 22.3 Å². The quantitative estimate of drug-likeness (QED) is 0.514. The Morgan fingerprint density at radius 2 is 0.583 bits per heavy atom. The van der Waals surface area contributed by atoms with Crippen molar-refractivity contribution in [3.05, 3.63) is 95.1 Å². The molecule has 3 rings (SSSR count). The summed E-state index contributed by atoms with van der Waals surface area (Å²) >= 11 is 0. The molecular formula is C22H20N2. The second kappa shape index (κ2) is 7.34. The van der Waals surface area contributed by atoms with Gasteiger partial charge < -0.3 is 11.5 Å². The first kappa shape index (κ1) is 15.6. The van der Waals surface area contributed by atoms with Crippen LogP contribution in [0.2, 0.25) is 0 Å². The minimum Gasteiger partial charge on any atom is -0.399 e. The van der Waals surface area contributed by atoms with Gasteiger partial charge in [-0.25, -0.2) is 0 Å². The van der Waals surface area contributed by atoms with Gasteiger partial charge in [0.25, 0.3) is 0 Å². The lowest BCUT2D eigenvalue weighted by Gasteiger charge is -1.98. The standard InChI is InChI=1S/C22H20N2/c23-21-13-9-19(10-14-21)7-5-17-1-2-18(4-3-17)6-8-20-11-15-22(24)16-12-20/h1-16H,23-24H2. The molecule has 3 aromatic carbocycles. The van der Waals surface area contributed by atoms with Crippen LogP contribution in [-0.4, -0.2) is 0 Å². The summed E-state index contributed by atoms with van der Waals surface area (Å²) in [5.41, 5.74) is 17.5. The van der Waals surface area contributed by atoms with Crippen molar-refractivity contribution in [2.24, 2.45) is 0 Å². The fourth-order valence-electron chi connectivity index (χ4n) is 2.32. The summed E-state index contributed by atoms with van der Waals surface area (Å²) in [6.07, 6.45) is 8.36. The van der Waals surface area contributed by atoms with Gasteiger partial charge in [0.15, 0.2) is 0 Å². The Balaban J connectivity index is 1.66. The van der Waals surface area contributed by atoms with Gasteiger partial charge in [-0.1, -0.05) is 72.8 Å². The number of nitrogens with two attached hydrogens (primary N) is 2. The Morgan fingerprint density at radius 3 is 0.833 bits per heavy atom. The molecule has 0 amide bonds. The minimum atomic E-state index is 0.782. The molecule has 0 aromatic heterocycles. The number of anilines is 2. The van der Waals surface area contributed by atoms with E-state index in [1.54, 1.807) is 0 Å². The minimum absolute atomic E-state index is 0.782. The Labute approximate surface area is 142 Å². The maximum atomic E-state index is 5.69. The summed E-state index contributed by atoms with van der Waals surface area (Å²) in [5, 5.41) is 0. The van der Waals surface area contributed by atoms with Gasteiger partial charge >= 0.3 is 0 Å². The molecule has 4 N–H and O–H groups in total. The topological polar surface area (TPSA) is 52.0 Å². The van der Waals surface area contributed by atoms with Crippen LogP contribution in [0, 0.1) is 0 Å². The largest absolute Gasteiger partial charge is 0.399 e. The highest BCUT2D eigenvalue weighted by atomic mass is 14.5. The van der Waals surface area contributed by atoms with E-state index in [1.165, 1.54) is 0 Å². The van der Waals surface area contributed by atoms with Gasteiger partial charge in [0.1, 0.15) is 0 Å². The molecule has 0 fully saturated rings. The molecule has 0 saturated heterocycles. The van der Waals surface area contributed by atoms with Crippen LogP contribution >= 0.6 is 0 Å². The molecule has 0 aliphatic heterocycles. The van der Waals surface area contributed by atoms with Crippen molar-refractivity contribution in [3.8, 4) is 0 Å². The molecule has 118 valence electrons. The van der Waals surface area contributed by atoms with Crippen molar-refractivity contribution >= 4 is 35.7 Å². The van der Waals surface area contributed by atoms with E-state index in [-0.39, 0.29) is 0 Å². The molecule has 2 heteroatoms. The van der Waals surface area contributed by atoms with Crippen LogP contribution in [0.5, 0.6) is 0 Å². The van der Waals surface area contributed by atoms with Crippen LogP contribution in [0.4, 0.5) is 11.4 Å². The smallest absolute Gasteiger partial charge is 0.0314 e. The van der Waals surface area contributed by atoms with E-state index < -0.39 is 0 Å². The molecule has 0 aliphatic rings.